The third-order valence-corrected chi connectivity index (χ3v) is 4.22. The molecule has 0 amide bonds. The minimum atomic E-state index is -0.567. The fourth-order valence-corrected chi connectivity index (χ4v) is 2.73. The van der Waals surface area contributed by atoms with Crippen molar-refractivity contribution in [1.82, 2.24) is 10.2 Å². The quantitative estimate of drug-likeness (QED) is 0.479. The third-order valence-electron chi connectivity index (χ3n) is 3.69. The number of nitrogens with zero attached hydrogens (tertiary/aromatic N) is 2. The number of aromatic nitrogens is 2. The highest BCUT2D eigenvalue weighted by atomic mass is 79.9. The molecule has 0 atom stereocenters. The first-order valence-electron chi connectivity index (χ1n) is 7.36. The molecule has 0 N–H and O–H groups in total. The van der Waals surface area contributed by atoms with Crippen molar-refractivity contribution in [3.05, 3.63) is 63.4 Å². The molecule has 0 aliphatic carbocycles. The Morgan fingerprint density at radius 2 is 1.76 bits per heavy atom. The summed E-state index contributed by atoms with van der Waals surface area (Å²) in [5, 5.41) is 8.69. The van der Waals surface area contributed by atoms with E-state index in [0.717, 1.165) is 10.0 Å². The highest BCUT2D eigenvalue weighted by molar-refractivity contribution is 9.10. The lowest BCUT2D eigenvalue weighted by molar-refractivity contribution is 0.406. The smallest absolute Gasteiger partial charge is 0.349 e. The summed E-state index contributed by atoms with van der Waals surface area (Å²) in [6.07, 6.45) is 0. The molecule has 4 rings (SSSR count). The fourth-order valence-electron chi connectivity index (χ4n) is 2.47. The topological polar surface area (TPSA) is 78.4 Å². The van der Waals surface area contributed by atoms with Gasteiger partial charge in [0, 0.05) is 15.4 Å². The lowest BCUT2D eigenvalue weighted by Gasteiger charge is -2.03. The number of halogens is 1. The van der Waals surface area contributed by atoms with Gasteiger partial charge in [0.2, 0.25) is 5.89 Å². The number of hydrogen-bond acceptors (Lipinski definition) is 6. The van der Waals surface area contributed by atoms with Crippen molar-refractivity contribution >= 4 is 26.9 Å². The van der Waals surface area contributed by atoms with Crippen LogP contribution in [0.2, 0.25) is 0 Å². The van der Waals surface area contributed by atoms with E-state index in [-0.39, 0.29) is 11.5 Å². The molecule has 6 nitrogen and oxygen atoms in total. The average molecular weight is 399 g/mol. The van der Waals surface area contributed by atoms with Crippen LogP contribution < -0.4 is 10.4 Å². The van der Waals surface area contributed by atoms with Gasteiger partial charge in [-0.3, -0.25) is 0 Å². The molecule has 2 aromatic carbocycles. The maximum atomic E-state index is 12.3. The summed E-state index contributed by atoms with van der Waals surface area (Å²) in [5.74, 6) is 0.922. The van der Waals surface area contributed by atoms with E-state index in [1.807, 2.05) is 36.4 Å². The number of hydrogen-bond donors (Lipinski definition) is 0. The molecule has 0 aliphatic heterocycles. The van der Waals surface area contributed by atoms with Gasteiger partial charge < -0.3 is 13.6 Å². The van der Waals surface area contributed by atoms with Crippen LogP contribution in [0.5, 0.6) is 5.75 Å². The molecule has 0 bridgehead atoms. The molecule has 2 heterocycles. The lowest BCUT2D eigenvalue weighted by atomic mass is 10.2. The van der Waals surface area contributed by atoms with Gasteiger partial charge in [0.05, 0.1) is 7.11 Å². The van der Waals surface area contributed by atoms with E-state index in [2.05, 4.69) is 26.1 Å². The SMILES string of the molecule is COc1cccc2cc(-c3nnc(-c4ccc(Br)cc4)o3)c(=O)oc12. The number of ether oxygens (including phenoxy) is 1. The first-order valence-corrected chi connectivity index (χ1v) is 8.15. The Labute approximate surface area is 150 Å². The summed E-state index contributed by atoms with van der Waals surface area (Å²) in [4.78, 5) is 12.3. The fraction of sp³-hybridized carbons (Fsp3) is 0.0556. The van der Waals surface area contributed by atoms with E-state index in [0.29, 0.717) is 22.6 Å². The van der Waals surface area contributed by atoms with E-state index in [9.17, 15) is 4.79 Å². The van der Waals surface area contributed by atoms with Gasteiger partial charge in [-0.15, -0.1) is 10.2 Å². The number of benzene rings is 2. The lowest BCUT2D eigenvalue weighted by Crippen LogP contribution is -2.03. The van der Waals surface area contributed by atoms with Crippen molar-refractivity contribution in [2.45, 2.75) is 0 Å². The monoisotopic (exact) mass is 398 g/mol. The van der Waals surface area contributed by atoms with Gasteiger partial charge in [-0.2, -0.15) is 0 Å². The molecule has 4 aromatic rings. The number of fused-ring (bicyclic) bond motifs is 1. The zero-order valence-corrected chi connectivity index (χ0v) is 14.6. The normalized spacial score (nSPS) is 11.0. The Morgan fingerprint density at radius 3 is 2.52 bits per heavy atom. The van der Waals surface area contributed by atoms with Gasteiger partial charge in [-0.25, -0.2) is 4.79 Å². The molecule has 7 heteroatoms. The molecule has 0 aliphatic rings. The summed E-state index contributed by atoms with van der Waals surface area (Å²) in [5.41, 5.74) is 0.778. The summed E-state index contributed by atoms with van der Waals surface area (Å²) >= 11 is 3.37. The van der Waals surface area contributed by atoms with E-state index in [1.165, 1.54) is 7.11 Å². The minimum absolute atomic E-state index is 0.108. The summed E-state index contributed by atoms with van der Waals surface area (Å²) in [7, 11) is 1.52. The van der Waals surface area contributed by atoms with E-state index >= 15 is 0 Å². The number of rotatable bonds is 3. The first-order chi connectivity index (χ1) is 12.2. The van der Waals surface area contributed by atoms with Crippen molar-refractivity contribution in [1.29, 1.82) is 0 Å². The Kier molecular flexibility index (Phi) is 3.85. The van der Waals surface area contributed by atoms with Gasteiger partial charge in [0.1, 0.15) is 5.56 Å². The molecule has 25 heavy (non-hydrogen) atoms. The van der Waals surface area contributed by atoms with Crippen LogP contribution in [-0.2, 0) is 0 Å². The minimum Gasteiger partial charge on any atom is -0.493 e. The van der Waals surface area contributed by atoms with Crippen LogP contribution in [0.15, 0.2) is 66.6 Å². The van der Waals surface area contributed by atoms with Gasteiger partial charge in [-0.05, 0) is 36.4 Å². The van der Waals surface area contributed by atoms with Crippen LogP contribution in [0.1, 0.15) is 0 Å². The maximum absolute atomic E-state index is 12.3. The van der Waals surface area contributed by atoms with Crippen molar-refractivity contribution in [2.24, 2.45) is 0 Å². The van der Waals surface area contributed by atoms with E-state index in [1.54, 1.807) is 12.1 Å². The predicted octanol–water partition coefficient (Wildman–Crippen LogP) is 4.28. The Hall–Kier alpha value is -2.93. The molecule has 2 aromatic heterocycles. The van der Waals surface area contributed by atoms with E-state index < -0.39 is 5.63 Å². The largest absolute Gasteiger partial charge is 0.493 e. The molecule has 0 saturated carbocycles. The molecule has 0 saturated heterocycles. The molecule has 0 radical (unpaired) electrons. The summed E-state index contributed by atoms with van der Waals surface area (Å²) in [6, 6.07) is 14.4. The Bertz CT molecular complexity index is 1120. The van der Waals surface area contributed by atoms with Crippen molar-refractivity contribution in [2.75, 3.05) is 7.11 Å². The molecular formula is C18H11BrN2O4. The first kappa shape index (κ1) is 15.6. The predicted molar refractivity (Wildman–Crippen MR) is 95.5 cm³/mol. The van der Waals surface area contributed by atoms with Gasteiger partial charge >= 0.3 is 5.63 Å². The molecule has 0 unspecified atom stereocenters. The standard InChI is InChI=1S/C18H11BrN2O4/c1-23-14-4-2-3-11-9-13(18(22)24-15(11)14)17-21-20-16(25-17)10-5-7-12(19)8-6-10/h2-9H,1H3. The molecule has 124 valence electrons. The number of methoxy groups -OCH3 is 1. The van der Waals surface area contributed by atoms with E-state index in [4.69, 9.17) is 13.6 Å². The van der Waals surface area contributed by atoms with Crippen LogP contribution in [0, 0.1) is 0 Å². The average Bonchev–Trinajstić information content (AvgIpc) is 3.11. The Morgan fingerprint density at radius 1 is 1.00 bits per heavy atom. The van der Waals surface area contributed by atoms with Crippen LogP contribution in [0.3, 0.4) is 0 Å². The van der Waals surface area contributed by atoms with Crippen LogP contribution in [-0.4, -0.2) is 17.3 Å². The zero-order valence-electron chi connectivity index (χ0n) is 13.0. The summed E-state index contributed by atoms with van der Waals surface area (Å²) < 4.78 is 17.2. The van der Waals surface area contributed by atoms with Crippen LogP contribution >= 0.6 is 15.9 Å². The Balaban J connectivity index is 1.81. The van der Waals surface area contributed by atoms with Crippen LogP contribution in [0.4, 0.5) is 0 Å². The van der Waals surface area contributed by atoms with Crippen molar-refractivity contribution in [3.8, 4) is 28.7 Å². The number of para-hydroxylation sites is 1. The maximum Gasteiger partial charge on any atom is 0.349 e. The summed E-state index contributed by atoms with van der Waals surface area (Å²) in [6.45, 7) is 0. The van der Waals surface area contributed by atoms with Crippen molar-refractivity contribution < 1.29 is 13.6 Å². The molecular weight excluding hydrogens is 388 g/mol. The van der Waals surface area contributed by atoms with Gasteiger partial charge in [0.25, 0.3) is 5.89 Å². The second kappa shape index (κ2) is 6.18. The second-order valence-electron chi connectivity index (χ2n) is 5.25. The van der Waals surface area contributed by atoms with Gasteiger partial charge in [0.15, 0.2) is 11.3 Å². The zero-order chi connectivity index (χ0) is 17.4. The van der Waals surface area contributed by atoms with Crippen LogP contribution in [0.25, 0.3) is 33.9 Å². The molecule has 0 spiro atoms. The van der Waals surface area contributed by atoms with Crippen molar-refractivity contribution in [3.63, 3.8) is 0 Å². The van der Waals surface area contributed by atoms with Gasteiger partial charge in [-0.1, -0.05) is 28.1 Å². The highest BCUT2D eigenvalue weighted by Gasteiger charge is 2.17. The third kappa shape index (κ3) is 2.83. The highest BCUT2D eigenvalue weighted by Crippen LogP contribution is 2.28. The second-order valence-corrected chi connectivity index (χ2v) is 6.16. The molecule has 0 fully saturated rings.